The molecule has 3 nitrogen and oxygen atoms in total. The van der Waals surface area contributed by atoms with E-state index in [2.05, 4.69) is 5.32 Å². The van der Waals surface area contributed by atoms with E-state index in [4.69, 9.17) is 0 Å². The SMILES string of the molecule is CN(C)c1ccc2c(c1)C(=O)CN2. The zero-order valence-electron chi connectivity index (χ0n) is 7.79. The Kier molecular flexibility index (Phi) is 1.72. The first-order chi connectivity index (χ1) is 6.18. The average molecular weight is 176 g/mol. The van der Waals surface area contributed by atoms with Crippen LogP contribution in [-0.4, -0.2) is 26.4 Å². The van der Waals surface area contributed by atoms with E-state index in [1.54, 1.807) is 0 Å². The molecule has 0 aromatic heterocycles. The number of Topliss-reactive ketones (excluding diaryl/α,β-unsaturated/α-hetero) is 1. The van der Waals surface area contributed by atoms with Crippen LogP contribution in [0.4, 0.5) is 11.4 Å². The quantitative estimate of drug-likeness (QED) is 0.701. The minimum atomic E-state index is 0.179. The third kappa shape index (κ3) is 1.26. The van der Waals surface area contributed by atoms with Crippen LogP contribution in [0.15, 0.2) is 18.2 Å². The molecule has 0 unspecified atom stereocenters. The summed E-state index contributed by atoms with van der Waals surface area (Å²) >= 11 is 0. The van der Waals surface area contributed by atoms with E-state index in [-0.39, 0.29) is 5.78 Å². The topological polar surface area (TPSA) is 32.3 Å². The van der Waals surface area contributed by atoms with Crippen LogP contribution in [0, 0.1) is 0 Å². The van der Waals surface area contributed by atoms with Crippen LogP contribution in [0.3, 0.4) is 0 Å². The minimum Gasteiger partial charge on any atom is -0.378 e. The average Bonchev–Trinajstić information content (AvgIpc) is 2.47. The van der Waals surface area contributed by atoms with Crippen LogP contribution in [-0.2, 0) is 0 Å². The van der Waals surface area contributed by atoms with Crippen LogP contribution < -0.4 is 10.2 Å². The fourth-order valence-corrected chi connectivity index (χ4v) is 1.47. The molecule has 1 heterocycles. The normalized spacial score (nSPS) is 13.8. The van der Waals surface area contributed by atoms with Crippen LogP contribution in [0.1, 0.15) is 10.4 Å². The Labute approximate surface area is 77.4 Å². The number of hydrogen-bond donors (Lipinski definition) is 1. The number of ketones is 1. The summed E-state index contributed by atoms with van der Waals surface area (Å²) < 4.78 is 0. The van der Waals surface area contributed by atoms with Gasteiger partial charge in [0.15, 0.2) is 5.78 Å². The van der Waals surface area contributed by atoms with Crippen LogP contribution in [0.2, 0.25) is 0 Å². The van der Waals surface area contributed by atoms with Gasteiger partial charge >= 0.3 is 0 Å². The molecule has 0 amide bonds. The molecule has 0 saturated heterocycles. The number of rotatable bonds is 1. The van der Waals surface area contributed by atoms with Crippen molar-refractivity contribution in [2.75, 3.05) is 30.9 Å². The molecule has 0 saturated carbocycles. The summed E-state index contributed by atoms with van der Waals surface area (Å²) in [7, 11) is 3.93. The van der Waals surface area contributed by atoms with Crippen molar-refractivity contribution in [3.8, 4) is 0 Å². The predicted octanol–water partition coefficient (Wildman–Crippen LogP) is 1.36. The van der Waals surface area contributed by atoms with Gasteiger partial charge in [0.2, 0.25) is 0 Å². The molecule has 1 aromatic carbocycles. The maximum Gasteiger partial charge on any atom is 0.184 e. The van der Waals surface area contributed by atoms with Gasteiger partial charge in [0.05, 0.1) is 6.54 Å². The molecule has 1 aliphatic rings. The second-order valence-corrected chi connectivity index (χ2v) is 3.40. The maximum absolute atomic E-state index is 11.4. The number of hydrogen-bond acceptors (Lipinski definition) is 3. The molecular weight excluding hydrogens is 164 g/mol. The molecule has 1 N–H and O–H groups in total. The number of nitrogens with zero attached hydrogens (tertiary/aromatic N) is 1. The monoisotopic (exact) mass is 176 g/mol. The van der Waals surface area contributed by atoms with Gasteiger partial charge in [0, 0.05) is 31.0 Å². The van der Waals surface area contributed by atoms with E-state index < -0.39 is 0 Å². The highest BCUT2D eigenvalue weighted by Gasteiger charge is 2.18. The lowest BCUT2D eigenvalue weighted by atomic mass is 10.1. The smallest absolute Gasteiger partial charge is 0.184 e. The molecule has 0 atom stereocenters. The first-order valence-electron chi connectivity index (χ1n) is 4.27. The van der Waals surface area contributed by atoms with Crippen LogP contribution >= 0.6 is 0 Å². The lowest BCUT2D eigenvalue weighted by Gasteiger charge is -2.12. The third-order valence-corrected chi connectivity index (χ3v) is 2.26. The fourth-order valence-electron chi connectivity index (χ4n) is 1.47. The molecule has 1 aromatic rings. The van der Waals surface area contributed by atoms with E-state index in [1.807, 2.05) is 37.2 Å². The highest BCUT2D eigenvalue weighted by molar-refractivity contribution is 6.08. The molecule has 68 valence electrons. The van der Waals surface area contributed by atoms with Gasteiger partial charge in [-0.1, -0.05) is 0 Å². The van der Waals surface area contributed by atoms with E-state index in [0.717, 1.165) is 16.9 Å². The molecule has 1 aliphatic heterocycles. The highest BCUT2D eigenvalue weighted by atomic mass is 16.1. The Balaban J connectivity index is 2.48. The van der Waals surface area contributed by atoms with Gasteiger partial charge in [-0.25, -0.2) is 0 Å². The van der Waals surface area contributed by atoms with Gasteiger partial charge in [-0.3, -0.25) is 4.79 Å². The molecule has 13 heavy (non-hydrogen) atoms. The van der Waals surface area contributed by atoms with Crippen LogP contribution in [0.25, 0.3) is 0 Å². The summed E-state index contributed by atoms with van der Waals surface area (Å²) in [6, 6.07) is 5.89. The van der Waals surface area contributed by atoms with E-state index in [9.17, 15) is 4.79 Å². The van der Waals surface area contributed by atoms with Gasteiger partial charge in [-0.05, 0) is 18.2 Å². The van der Waals surface area contributed by atoms with Crippen molar-refractivity contribution < 1.29 is 4.79 Å². The molecule has 0 radical (unpaired) electrons. The first-order valence-corrected chi connectivity index (χ1v) is 4.27. The second kappa shape index (κ2) is 2.76. The van der Waals surface area contributed by atoms with Crippen molar-refractivity contribution in [1.29, 1.82) is 0 Å². The van der Waals surface area contributed by atoms with Crippen molar-refractivity contribution in [3.05, 3.63) is 23.8 Å². The summed E-state index contributed by atoms with van der Waals surface area (Å²) in [6.45, 7) is 0.437. The standard InChI is InChI=1S/C10H12N2O/c1-12(2)7-3-4-9-8(5-7)10(13)6-11-9/h3-5,11H,6H2,1-2H3. The zero-order valence-corrected chi connectivity index (χ0v) is 7.79. The number of benzene rings is 1. The van der Waals surface area contributed by atoms with Crippen molar-refractivity contribution in [1.82, 2.24) is 0 Å². The highest BCUT2D eigenvalue weighted by Crippen LogP contribution is 2.26. The van der Waals surface area contributed by atoms with E-state index in [0.29, 0.717) is 6.54 Å². The minimum absolute atomic E-state index is 0.179. The Morgan fingerprint density at radius 3 is 2.85 bits per heavy atom. The summed E-state index contributed by atoms with van der Waals surface area (Å²) in [5.41, 5.74) is 2.83. The van der Waals surface area contributed by atoms with Crippen molar-refractivity contribution in [3.63, 3.8) is 0 Å². The Morgan fingerprint density at radius 1 is 1.38 bits per heavy atom. The number of carbonyl (C=O) groups excluding carboxylic acids is 1. The van der Waals surface area contributed by atoms with Crippen molar-refractivity contribution in [2.24, 2.45) is 0 Å². The Bertz CT molecular complexity index is 358. The number of anilines is 2. The Hall–Kier alpha value is -1.51. The summed E-state index contributed by atoms with van der Waals surface area (Å²) in [4.78, 5) is 13.4. The molecule has 0 fully saturated rings. The Morgan fingerprint density at radius 2 is 2.15 bits per heavy atom. The lowest BCUT2D eigenvalue weighted by Crippen LogP contribution is -2.09. The second-order valence-electron chi connectivity index (χ2n) is 3.40. The third-order valence-electron chi connectivity index (χ3n) is 2.26. The van der Waals surface area contributed by atoms with Crippen molar-refractivity contribution >= 4 is 17.2 Å². The van der Waals surface area contributed by atoms with Gasteiger partial charge in [-0.15, -0.1) is 0 Å². The van der Waals surface area contributed by atoms with Gasteiger partial charge in [0.25, 0.3) is 0 Å². The first kappa shape index (κ1) is 8.10. The van der Waals surface area contributed by atoms with Crippen molar-refractivity contribution in [2.45, 2.75) is 0 Å². The summed E-state index contributed by atoms with van der Waals surface area (Å²) in [6.07, 6.45) is 0. The maximum atomic E-state index is 11.4. The lowest BCUT2D eigenvalue weighted by molar-refractivity contribution is 0.101. The predicted molar refractivity (Wildman–Crippen MR) is 53.6 cm³/mol. The van der Waals surface area contributed by atoms with Gasteiger partial charge in [-0.2, -0.15) is 0 Å². The molecule has 0 bridgehead atoms. The number of fused-ring (bicyclic) bond motifs is 1. The summed E-state index contributed by atoms with van der Waals surface area (Å²) in [5, 5.41) is 3.05. The molecular formula is C10H12N2O. The number of carbonyl (C=O) groups is 1. The van der Waals surface area contributed by atoms with Gasteiger partial charge < -0.3 is 10.2 Å². The molecule has 3 heteroatoms. The molecule has 2 rings (SSSR count). The van der Waals surface area contributed by atoms with Crippen LogP contribution in [0.5, 0.6) is 0 Å². The fraction of sp³-hybridized carbons (Fsp3) is 0.300. The largest absolute Gasteiger partial charge is 0.378 e. The summed E-state index contributed by atoms with van der Waals surface area (Å²) in [5.74, 6) is 0.179. The van der Waals surface area contributed by atoms with E-state index in [1.165, 1.54) is 0 Å². The molecule has 0 spiro atoms. The number of nitrogens with one attached hydrogen (secondary N) is 1. The molecule has 0 aliphatic carbocycles. The van der Waals surface area contributed by atoms with E-state index >= 15 is 0 Å². The zero-order chi connectivity index (χ0) is 9.42. The van der Waals surface area contributed by atoms with Gasteiger partial charge in [0.1, 0.15) is 0 Å².